The number of rotatable bonds is 2. The third kappa shape index (κ3) is 1.66. The highest BCUT2D eigenvalue weighted by molar-refractivity contribution is 5.50. The van der Waals surface area contributed by atoms with Crippen molar-refractivity contribution in [3.8, 4) is 11.5 Å². The number of hydrogen-bond acceptors (Lipinski definition) is 4. The Kier molecular flexibility index (Phi) is 2.32. The molecule has 0 aliphatic rings. The smallest absolute Gasteiger partial charge is 0.314 e. The van der Waals surface area contributed by atoms with Crippen LogP contribution in [0.15, 0.2) is 12.1 Å². The van der Waals surface area contributed by atoms with Gasteiger partial charge in [0.05, 0.1) is 18.1 Å². The fourth-order valence-electron chi connectivity index (χ4n) is 0.835. The van der Waals surface area contributed by atoms with Crippen molar-refractivity contribution in [2.45, 2.75) is 0 Å². The predicted octanol–water partition coefficient (Wildman–Crippen LogP) is 1.45. The van der Waals surface area contributed by atoms with Gasteiger partial charge in [-0.05, 0) is 0 Å². The van der Waals surface area contributed by atoms with E-state index in [2.05, 4.69) is 4.74 Å². The second kappa shape index (κ2) is 3.26. The van der Waals surface area contributed by atoms with Crippen molar-refractivity contribution >= 4 is 5.69 Å². The molecule has 13 heavy (non-hydrogen) atoms. The molecule has 0 aliphatic carbocycles. The zero-order chi connectivity index (χ0) is 10.0. The van der Waals surface area contributed by atoms with E-state index in [-0.39, 0.29) is 5.75 Å². The third-order valence-corrected chi connectivity index (χ3v) is 1.45. The van der Waals surface area contributed by atoms with E-state index in [1.165, 1.54) is 7.11 Å². The van der Waals surface area contributed by atoms with E-state index in [1.54, 1.807) is 0 Å². The van der Waals surface area contributed by atoms with Gasteiger partial charge in [0.1, 0.15) is 0 Å². The number of hydrogen-bond donors (Lipinski definition) is 1. The van der Waals surface area contributed by atoms with Gasteiger partial charge in [-0.15, -0.1) is 0 Å². The lowest BCUT2D eigenvalue weighted by molar-refractivity contribution is -0.386. The van der Waals surface area contributed by atoms with Crippen LogP contribution in [0.1, 0.15) is 0 Å². The first-order valence-corrected chi connectivity index (χ1v) is 3.27. The van der Waals surface area contributed by atoms with Crippen LogP contribution >= 0.6 is 0 Å². The number of methoxy groups -OCH3 is 1. The van der Waals surface area contributed by atoms with E-state index in [0.717, 1.165) is 6.07 Å². The Balaban J connectivity index is 3.30. The summed E-state index contributed by atoms with van der Waals surface area (Å²) in [6, 6.07) is 1.46. The van der Waals surface area contributed by atoms with Crippen LogP contribution in [0.2, 0.25) is 0 Å². The standard InChI is InChI=1S/C7H6FNO4/c1-13-7-3-5(9(11)12)6(10)2-4(7)8/h2-3,10H,1H3. The van der Waals surface area contributed by atoms with E-state index in [9.17, 15) is 14.5 Å². The lowest BCUT2D eigenvalue weighted by atomic mass is 10.2. The number of phenols is 1. The van der Waals surface area contributed by atoms with Crippen LogP contribution in [0.5, 0.6) is 11.5 Å². The predicted molar refractivity (Wildman–Crippen MR) is 41.3 cm³/mol. The molecular weight excluding hydrogens is 181 g/mol. The van der Waals surface area contributed by atoms with Gasteiger partial charge >= 0.3 is 5.69 Å². The first kappa shape index (κ1) is 9.24. The number of benzene rings is 1. The van der Waals surface area contributed by atoms with Crippen LogP contribution in [-0.2, 0) is 0 Å². The molecule has 0 heterocycles. The normalized spacial score (nSPS) is 9.69. The van der Waals surface area contributed by atoms with Gasteiger partial charge in [0.15, 0.2) is 17.3 Å². The molecule has 0 fully saturated rings. The summed E-state index contributed by atoms with van der Waals surface area (Å²) < 4.78 is 17.3. The molecule has 1 aromatic carbocycles. The zero-order valence-corrected chi connectivity index (χ0v) is 6.65. The van der Waals surface area contributed by atoms with Gasteiger partial charge in [-0.3, -0.25) is 10.1 Å². The van der Waals surface area contributed by atoms with Crippen molar-refractivity contribution in [3.05, 3.63) is 28.1 Å². The van der Waals surface area contributed by atoms with Crippen LogP contribution in [0, 0.1) is 15.9 Å². The molecule has 0 aliphatic heterocycles. The largest absolute Gasteiger partial charge is 0.502 e. The van der Waals surface area contributed by atoms with Crippen molar-refractivity contribution in [3.63, 3.8) is 0 Å². The van der Waals surface area contributed by atoms with Crippen molar-refractivity contribution in [2.24, 2.45) is 0 Å². The molecular formula is C7H6FNO4. The minimum absolute atomic E-state index is 0.274. The zero-order valence-electron chi connectivity index (χ0n) is 6.65. The van der Waals surface area contributed by atoms with Gasteiger partial charge in [-0.1, -0.05) is 0 Å². The summed E-state index contributed by atoms with van der Waals surface area (Å²) in [5.74, 6) is -1.83. The molecule has 0 unspecified atom stereocenters. The molecule has 70 valence electrons. The van der Waals surface area contributed by atoms with E-state index < -0.39 is 22.2 Å². The SMILES string of the molecule is COc1cc([N+](=O)[O-])c(O)cc1F. The maximum Gasteiger partial charge on any atom is 0.314 e. The molecule has 1 aromatic rings. The first-order chi connectivity index (χ1) is 6.06. The lowest BCUT2D eigenvalue weighted by Gasteiger charge is -2.01. The van der Waals surface area contributed by atoms with Crippen LogP contribution in [0.25, 0.3) is 0 Å². The summed E-state index contributed by atoms with van der Waals surface area (Å²) >= 11 is 0. The summed E-state index contributed by atoms with van der Waals surface area (Å²) in [5, 5.41) is 19.2. The van der Waals surface area contributed by atoms with Crippen LogP contribution in [0.3, 0.4) is 0 Å². The van der Waals surface area contributed by atoms with Crippen molar-refractivity contribution in [2.75, 3.05) is 7.11 Å². The minimum atomic E-state index is -0.842. The fourth-order valence-corrected chi connectivity index (χ4v) is 0.835. The summed E-state index contributed by atoms with van der Waals surface area (Å²) in [4.78, 5) is 9.45. The molecule has 0 saturated heterocycles. The summed E-state index contributed by atoms with van der Waals surface area (Å²) in [6.45, 7) is 0. The molecule has 6 heteroatoms. The Morgan fingerprint density at radius 2 is 2.23 bits per heavy atom. The number of phenolic OH excluding ortho intramolecular Hbond substituents is 1. The number of nitro groups is 1. The quantitative estimate of drug-likeness (QED) is 0.561. The summed E-state index contributed by atoms with van der Waals surface area (Å²) in [7, 11) is 1.18. The van der Waals surface area contributed by atoms with Gasteiger partial charge < -0.3 is 9.84 Å². The van der Waals surface area contributed by atoms with E-state index >= 15 is 0 Å². The Hall–Kier alpha value is -1.85. The lowest BCUT2D eigenvalue weighted by Crippen LogP contribution is -1.93. The topological polar surface area (TPSA) is 72.6 Å². The van der Waals surface area contributed by atoms with Gasteiger partial charge in [0.2, 0.25) is 0 Å². The van der Waals surface area contributed by atoms with Crippen LogP contribution in [0.4, 0.5) is 10.1 Å². The molecule has 0 atom stereocenters. The van der Waals surface area contributed by atoms with E-state index in [0.29, 0.717) is 6.07 Å². The maximum absolute atomic E-state index is 12.8. The number of ether oxygens (including phenoxy) is 1. The molecule has 0 spiro atoms. The second-order valence-corrected chi connectivity index (χ2v) is 2.23. The maximum atomic E-state index is 12.8. The Bertz CT molecular complexity index is 353. The molecule has 0 aromatic heterocycles. The Labute approximate surface area is 72.5 Å². The molecule has 0 radical (unpaired) electrons. The van der Waals surface area contributed by atoms with Gasteiger partial charge in [0, 0.05) is 6.07 Å². The van der Waals surface area contributed by atoms with Crippen molar-refractivity contribution < 1.29 is 19.2 Å². The van der Waals surface area contributed by atoms with Gasteiger partial charge in [0.25, 0.3) is 0 Å². The highest BCUT2D eigenvalue weighted by Crippen LogP contribution is 2.32. The van der Waals surface area contributed by atoms with E-state index in [4.69, 9.17) is 5.11 Å². The van der Waals surface area contributed by atoms with Crippen LogP contribution in [-0.4, -0.2) is 17.1 Å². The number of nitro benzene ring substituents is 1. The van der Waals surface area contributed by atoms with Gasteiger partial charge in [-0.25, -0.2) is 4.39 Å². The first-order valence-electron chi connectivity index (χ1n) is 3.27. The molecule has 0 saturated carbocycles. The minimum Gasteiger partial charge on any atom is -0.502 e. The molecule has 1 N–H and O–H groups in total. The van der Waals surface area contributed by atoms with Gasteiger partial charge in [-0.2, -0.15) is 0 Å². The number of halogens is 1. The number of aromatic hydroxyl groups is 1. The van der Waals surface area contributed by atoms with Crippen LogP contribution < -0.4 is 4.74 Å². The van der Waals surface area contributed by atoms with Crippen molar-refractivity contribution in [1.82, 2.24) is 0 Å². The molecule has 5 nitrogen and oxygen atoms in total. The number of nitrogens with zero attached hydrogens (tertiary/aromatic N) is 1. The third-order valence-electron chi connectivity index (χ3n) is 1.45. The summed E-state index contributed by atoms with van der Waals surface area (Å²) in [6.07, 6.45) is 0. The Morgan fingerprint density at radius 3 is 2.69 bits per heavy atom. The van der Waals surface area contributed by atoms with Crippen molar-refractivity contribution in [1.29, 1.82) is 0 Å². The average Bonchev–Trinajstić information content (AvgIpc) is 2.03. The second-order valence-electron chi connectivity index (χ2n) is 2.23. The fraction of sp³-hybridized carbons (Fsp3) is 0.143. The Morgan fingerprint density at radius 1 is 1.62 bits per heavy atom. The summed E-state index contributed by atoms with van der Waals surface area (Å²) in [5.41, 5.74) is -0.585. The highest BCUT2D eigenvalue weighted by atomic mass is 19.1. The molecule has 1 rings (SSSR count). The average molecular weight is 187 g/mol. The van der Waals surface area contributed by atoms with E-state index in [1.807, 2.05) is 0 Å². The molecule has 0 amide bonds. The molecule has 0 bridgehead atoms. The highest BCUT2D eigenvalue weighted by Gasteiger charge is 2.17. The monoisotopic (exact) mass is 187 g/mol.